The van der Waals surface area contributed by atoms with E-state index in [0.717, 1.165) is 24.2 Å². The number of unbranched alkanes of at least 4 members (excludes halogenated alkanes) is 1. The topological polar surface area (TPSA) is 81.4 Å². The molecule has 0 heterocycles. The first-order chi connectivity index (χ1) is 12.1. The number of nitrogens with two attached hydrogens (primary N) is 1. The second-order valence-electron chi connectivity index (χ2n) is 5.50. The van der Waals surface area contributed by atoms with Crippen LogP contribution in [0.2, 0.25) is 0 Å². The molecule has 0 spiro atoms. The van der Waals surface area contributed by atoms with Crippen molar-refractivity contribution in [2.45, 2.75) is 19.8 Å². The van der Waals surface area contributed by atoms with Gasteiger partial charge in [-0.05, 0) is 42.3 Å². The molecule has 0 saturated carbocycles. The number of ether oxygens (including phenoxy) is 1. The van der Waals surface area contributed by atoms with Crippen LogP contribution in [0.4, 0.5) is 5.69 Å². The molecule has 0 aliphatic carbocycles. The fourth-order valence-corrected chi connectivity index (χ4v) is 2.16. The molecular weight excluding hydrogens is 316 g/mol. The zero-order chi connectivity index (χ0) is 18.1. The first kappa shape index (κ1) is 18.3. The number of amides is 2. The van der Waals surface area contributed by atoms with Crippen molar-refractivity contribution >= 4 is 23.6 Å². The maximum absolute atomic E-state index is 12.0. The van der Waals surface area contributed by atoms with Crippen LogP contribution in [0.1, 0.15) is 35.7 Å². The summed E-state index contributed by atoms with van der Waals surface area (Å²) in [5, 5.41) is 2.66. The van der Waals surface area contributed by atoms with Gasteiger partial charge in [-0.15, -0.1) is 0 Å². The number of para-hydroxylation sites is 1. The molecule has 0 saturated heterocycles. The molecule has 130 valence electrons. The third kappa shape index (κ3) is 5.80. The predicted molar refractivity (Wildman–Crippen MR) is 99.5 cm³/mol. The molecule has 2 aromatic rings. The van der Waals surface area contributed by atoms with Gasteiger partial charge in [-0.3, -0.25) is 9.59 Å². The minimum atomic E-state index is -0.585. The third-order valence-corrected chi connectivity index (χ3v) is 3.52. The highest BCUT2D eigenvalue weighted by atomic mass is 16.5. The third-order valence-electron chi connectivity index (χ3n) is 3.52. The summed E-state index contributed by atoms with van der Waals surface area (Å²) >= 11 is 0. The minimum Gasteiger partial charge on any atom is -0.494 e. The Morgan fingerprint density at radius 2 is 1.84 bits per heavy atom. The molecule has 5 nitrogen and oxygen atoms in total. The molecule has 0 aromatic heterocycles. The van der Waals surface area contributed by atoms with Crippen molar-refractivity contribution in [2.24, 2.45) is 5.73 Å². The minimum absolute atomic E-state index is 0.276. The molecule has 5 heteroatoms. The van der Waals surface area contributed by atoms with Crippen LogP contribution in [0.25, 0.3) is 6.08 Å². The van der Waals surface area contributed by atoms with Crippen molar-refractivity contribution in [1.29, 1.82) is 0 Å². The van der Waals surface area contributed by atoms with E-state index in [4.69, 9.17) is 10.5 Å². The number of carbonyl (C=O) groups excluding carboxylic acids is 2. The lowest BCUT2D eigenvalue weighted by Crippen LogP contribution is -2.16. The summed E-state index contributed by atoms with van der Waals surface area (Å²) in [5.74, 6) is -0.110. The van der Waals surface area contributed by atoms with Crippen LogP contribution >= 0.6 is 0 Å². The Morgan fingerprint density at radius 1 is 1.12 bits per heavy atom. The van der Waals surface area contributed by atoms with E-state index < -0.39 is 5.91 Å². The summed E-state index contributed by atoms with van der Waals surface area (Å²) < 4.78 is 5.59. The second-order valence-corrected chi connectivity index (χ2v) is 5.50. The van der Waals surface area contributed by atoms with E-state index in [2.05, 4.69) is 12.2 Å². The van der Waals surface area contributed by atoms with Gasteiger partial charge < -0.3 is 15.8 Å². The van der Waals surface area contributed by atoms with Crippen molar-refractivity contribution in [1.82, 2.24) is 0 Å². The first-order valence-corrected chi connectivity index (χ1v) is 8.21. The van der Waals surface area contributed by atoms with Gasteiger partial charge in [0.1, 0.15) is 5.75 Å². The molecule has 2 aromatic carbocycles. The van der Waals surface area contributed by atoms with Crippen molar-refractivity contribution in [3.8, 4) is 5.75 Å². The van der Waals surface area contributed by atoms with Gasteiger partial charge in [0.25, 0.3) is 5.91 Å². The van der Waals surface area contributed by atoms with Gasteiger partial charge in [-0.25, -0.2) is 0 Å². The lowest BCUT2D eigenvalue weighted by atomic mass is 10.1. The van der Waals surface area contributed by atoms with Crippen molar-refractivity contribution in [2.75, 3.05) is 11.9 Å². The van der Waals surface area contributed by atoms with Gasteiger partial charge >= 0.3 is 0 Å². The van der Waals surface area contributed by atoms with Crippen molar-refractivity contribution in [3.63, 3.8) is 0 Å². The van der Waals surface area contributed by atoms with Gasteiger partial charge in [0.15, 0.2) is 0 Å². The van der Waals surface area contributed by atoms with Gasteiger partial charge in [-0.1, -0.05) is 37.6 Å². The molecule has 3 N–H and O–H groups in total. The Kier molecular flexibility index (Phi) is 6.77. The van der Waals surface area contributed by atoms with E-state index in [0.29, 0.717) is 12.3 Å². The summed E-state index contributed by atoms with van der Waals surface area (Å²) in [6.45, 7) is 2.82. The van der Waals surface area contributed by atoms with Crippen LogP contribution in [0.5, 0.6) is 5.75 Å². The SMILES string of the molecule is CCCCOc1ccc(/C=C/C(=O)Nc2ccccc2C(N)=O)cc1. The molecule has 0 aliphatic rings. The molecule has 0 fully saturated rings. The molecule has 25 heavy (non-hydrogen) atoms. The van der Waals surface area contributed by atoms with Crippen molar-refractivity contribution < 1.29 is 14.3 Å². The van der Waals surface area contributed by atoms with Crippen LogP contribution in [0, 0.1) is 0 Å². The van der Waals surface area contributed by atoms with E-state index in [9.17, 15) is 9.59 Å². The van der Waals surface area contributed by atoms with Gasteiger partial charge in [0.05, 0.1) is 17.9 Å². The number of hydrogen-bond donors (Lipinski definition) is 2. The van der Waals surface area contributed by atoms with Crippen LogP contribution < -0.4 is 15.8 Å². The first-order valence-electron chi connectivity index (χ1n) is 8.21. The molecule has 0 aliphatic heterocycles. The average molecular weight is 338 g/mol. The smallest absolute Gasteiger partial charge is 0.250 e. The summed E-state index contributed by atoms with van der Waals surface area (Å²) in [4.78, 5) is 23.4. The highest BCUT2D eigenvalue weighted by Crippen LogP contribution is 2.15. The quantitative estimate of drug-likeness (QED) is 0.570. The van der Waals surface area contributed by atoms with Crippen molar-refractivity contribution in [3.05, 3.63) is 65.7 Å². The highest BCUT2D eigenvalue weighted by molar-refractivity contribution is 6.07. The number of anilines is 1. The summed E-state index contributed by atoms with van der Waals surface area (Å²) in [5.41, 5.74) is 6.84. The zero-order valence-electron chi connectivity index (χ0n) is 14.2. The highest BCUT2D eigenvalue weighted by Gasteiger charge is 2.08. The summed E-state index contributed by atoms with van der Waals surface area (Å²) in [7, 11) is 0. The van der Waals surface area contributed by atoms with E-state index in [-0.39, 0.29) is 11.5 Å². The number of hydrogen-bond acceptors (Lipinski definition) is 3. The Hall–Kier alpha value is -3.08. The zero-order valence-corrected chi connectivity index (χ0v) is 14.2. The second kappa shape index (κ2) is 9.27. The fraction of sp³-hybridized carbons (Fsp3) is 0.200. The largest absolute Gasteiger partial charge is 0.494 e. The molecule has 0 bridgehead atoms. The average Bonchev–Trinajstić information content (AvgIpc) is 2.61. The van der Waals surface area contributed by atoms with E-state index in [1.54, 1.807) is 30.3 Å². The number of benzene rings is 2. The normalized spacial score (nSPS) is 10.6. The van der Waals surface area contributed by atoms with E-state index in [1.807, 2.05) is 24.3 Å². The summed E-state index contributed by atoms with van der Waals surface area (Å²) in [6.07, 6.45) is 5.21. The van der Waals surface area contributed by atoms with Gasteiger partial charge in [0.2, 0.25) is 5.91 Å². The molecule has 2 amide bonds. The maximum Gasteiger partial charge on any atom is 0.250 e. The molecule has 0 unspecified atom stereocenters. The van der Waals surface area contributed by atoms with Gasteiger partial charge in [0, 0.05) is 6.08 Å². The fourth-order valence-electron chi connectivity index (χ4n) is 2.16. The Balaban J connectivity index is 1.95. The number of carbonyl (C=O) groups is 2. The van der Waals surface area contributed by atoms with Crippen LogP contribution in [-0.2, 0) is 4.79 Å². The standard InChI is InChI=1S/C20H22N2O3/c1-2-3-14-25-16-11-8-15(9-12-16)10-13-19(23)22-18-7-5-4-6-17(18)20(21)24/h4-13H,2-3,14H2,1H3,(H2,21,24)(H,22,23)/b13-10+. The lowest BCUT2D eigenvalue weighted by Gasteiger charge is -2.06. The van der Waals surface area contributed by atoms with Crippen LogP contribution in [0.15, 0.2) is 54.6 Å². The Morgan fingerprint density at radius 3 is 2.52 bits per heavy atom. The Labute approximate surface area is 147 Å². The van der Waals surface area contributed by atoms with E-state index >= 15 is 0 Å². The predicted octanol–water partition coefficient (Wildman–Crippen LogP) is 3.62. The number of rotatable bonds is 8. The molecule has 2 rings (SSSR count). The summed E-state index contributed by atoms with van der Waals surface area (Å²) in [6, 6.07) is 14.1. The van der Waals surface area contributed by atoms with E-state index in [1.165, 1.54) is 6.08 Å². The monoisotopic (exact) mass is 338 g/mol. The van der Waals surface area contributed by atoms with Gasteiger partial charge in [-0.2, -0.15) is 0 Å². The van der Waals surface area contributed by atoms with Crippen LogP contribution in [0.3, 0.4) is 0 Å². The number of primary amides is 1. The lowest BCUT2D eigenvalue weighted by molar-refractivity contribution is -0.111. The molecule has 0 radical (unpaired) electrons. The van der Waals surface area contributed by atoms with Crippen LogP contribution in [-0.4, -0.2) is 18.4 Å². The molecule has 0 atom stereocenters. The molecular formula is C20H22N2O3. The maximum atomic E-state index is 12.0. The number of nitrogens with one attached hydrogen (secondary N) is 1. The Bertz CT molecular complexity index is 752.